The number of ether oxygens (including phenoxy) is 1. The molecule has 0 saturated carbocycles. The number of fused-ring (bicyclic) bond motifs is 1. The minimum absolute atomic E-state index is 0.404. The zero-order valence-corrected chi connectivity index (χ0v) is 14.5. The Labute approximate surface area is 151 Å². The Morgan fingerprint density at radius 2 is 2.04 bits per heavy atom. The standard InChI is InChI=1S/C21H17N3O2/c1-3-24-19(10-7-14-5-4-6-16(11-14)26-2)18(13-22)17-9-8-15(21(23)25)12-20(17)24/h4-6,8-9,11-12H,3H2,1-2H3,(H2,23,25). The van der Waals surface area contributed by atoms with Crippen LogP contribution >= 0.6 is 0 Å². The molecule has 0 fully saturated rings. The van der Waals surface area contributed by atoms with Crippen molar-refractivity contribution in [3.05, 3.63) is 64.8 Å². The zero-order chi connectivity index (χ0) is 18.7. The van der Waals surface area contributed by atoms with Gasteiger partial charge in [-0.25, -0.2) is 0 Å². The first-order valence-electron chi connectivity index (χ1n) is 8.11. The molecule has 3 rings (SSSR count). The van der Waals surface area contributed by atoms with E-state index in [4.69, 9.17) is 10.5 Å². The van der Waals surface area contributed by atoms with Gasteiger partial charge in [0.05, 0.1) is 18.2 Å². The van der Waals surface area contributed by atoms with Crippen molar-refractivity contribution in [3.8, 4) is 23.7 Å². The number of nitrogens with two attached hydrogens (primary N) is 1. The van der Waals surface area contributed by atoms with Crippen LogP contribution in [0.4, 0.5) is 0 Å². The van der Waals surface area contributed by atoms with Gasteiger partial charge in [-0.15, -0.1) is 0 Å². The monoisotopic (exact) mass is 343 g/mol. The number of hydrogen-bond acceptors (Lipinski definition) is 3. The fourth-order valence-electron chi connectivity index (χ4n) is 2.91. The van der Waals surface area contributed by atoms with Crippen LogP contribution in [0, 0.1) is 23.2 Å². The second-order valence-corrected chi connectivity index (χ2v) is 5.66. The highest BCUT2D eigenvalue weighted by atomic mass is 16.5. The van der Waals surface area contributed by atoms with Gasteiger partial charge in [0.1, 0.15) is 17.5 Å². The average Bonchev–Trinajstić information content (AvgIpc) is 2.97. The van der Waals surface area contributed by atoms with Gasteiger partial charge >= 0.3 is 0 Å². The molecule has 1 heterocycles. The summed E-state index contributed by atoms with van der Waals surface area (Å²) in [7, 11) is 1.60. The number of carbonyl (C=O) groups excluding carboxylic acids is 1. The highest BCUT2D eigenvalue weighted by molar-refractivity contribution is 5.99. The molecule has 2 N–H and O–H groups in total. The molecule has 0 radical (unpaired) electrons. The van der Waals surface area contributed by atoms with Crippen LogP contribution in [0.2, 0.25) is 0 Å². The lowest BCUT2D eigenvalue weighted by Crippen LogP contribution is -2.10. The van der Waals surface area contributed by atoms with Gasteiger partial charge in [0, 0.05) is 23.1 Å². The van der Waals surface area contributed by atoms with Crippen LogP contribution in [0.1, 0.15) is 34.1 Å². The first-order valence-corrected chi connectivity index (χ1v) is 8.11. The van der Waals surface area contributed by atoms with Crippen molar-refractivity contribution in [2.75, 3.05) is 7.11 Å². The number of rotatable bonds is 3. The number of nitriles is 1. The highest BCUT2D eigenvalue weighted by Gasteiger charge is 2.16. The number of carbonyl (C=O) groups is 1. The molecule has 5 nitrogen and oxygen atoms in total. The van der Waals surface area contributed by atoms with Gasteiger partial charge in [0.15, 0.2) is 0 Å². The van der Waals surface area contributed by atoms with Crippen molar-refractivity contribution in [3.63, 3.8) is 0 Å². The molecule has 3 aromatic rings. The van der Waals surface area contributed by atoms with Crippen molar-refractivity contribution in [1.82, 2.24) is 4.57 Å². The molecule has 128 valence electrons. The Bertz CT molecular complexity index is 1110. The second kappa shape index (κ2) is 7.04. The molecule has 0 aliphatic carbocycles. The van der Waals surface area contributed by atoms with Crippen LogP contribution in [0.15, 0.2) is 42.5 Å². The summed E-state index contributed by atoms with van der Waals surface area (Å²) in [6.07, 6.45) is 0. The molecule has 2 aromatic carbocycles. The van der Waals surface area contributed by atoms with E-state index < -0.39 is 5.91 Å². The SMILES string of the molecule is CCn1c(C#Cc2cccc(OC)c2)c(C#N)c2ccc(C(N)=O)cc21. The van der Waals surface area contributed by atoms with Crippen molar-refractivity contribution in [1.29, 1.82) is 5.26 Å². The van der Waals surface area contributed by atoms with E-state index in [0.717, 1.165) is 22.2 Å². The van der Waals surface area contributed by atoms with Crippen LogP contribution in [-0.4, -0.2) is 17.6 Å². The summed E-state index contributed by atoms with van der Waals surface area (Å²) in [4.78, 5) is 11.5. The zero-order valence-electron chi connectivity index (χ0n) is 14.5. The molecule has 1 aromatic heterocycles. The molecule has 0 aliphatic rings. The summed E-state index contributed by atoms with van der Waals surface area (Å²) >= 11 is 0. The molecular formula is C21H17N3O2. The first-order chi connectivity index (χ1) is 12.6. The lowest BCUT2D eigenvalue weighted by molar-refractivity contribution is 0.100. The average molecular weight is 343 g/mol. The van der Waals surface area contributed by atoms with E-state index >= 15 is 0 Å². The molecule has 0 spiro atoms. The summed E-state index contributed by atoms with van der Waals surface area (Å²) in [6, 6.07) is 14.7. The molecular weight excluding hydrogens is 326 g/mol. The molecule has 0 atom stereocenters. The number of methoxy groups -OCH3 is 1. The van der Waals surface area contributed by atoms with Gasteiger partial charge in [0.2, 0.25) is 5.91 Å². The molecule has 26 heavy (non-hydrogen) atoms. The largest absolute Gasteiger partial charge is 0.497 e. The lowest BCUT2D eigenvalue weighted by Gasteiger charge is -2.04. The minimum atomic E-state index is -0.502. The molecule has 1 amide bonds. The Morgan fingerprint density at radius 1 is 1.23 bits per heavy atom. The summed E-state index contributed by atoms with van der Waals surface area (Å²) in [5.74, 6) is 6.42. The summed E-state index contributed by atoms with van der Waals surface area (Å²) in [5, 5.41) is 10.4. The normalized spacial score (nSPS) is 10.0. The predicted octanol–water partition coefficient (Wildman–Crippen LogP) is 3.04. The number of hydrogen-bond donors (Lipinski definition) is 1. The topological polar surface area (TPSA) is 81.0 Å². The van der Waals surface area contributed by atoms with Gasteiger partial charge in [-0.2, -0.15) is 5.26 Å². The van der Waals surface area contributed by atoms with Crippen LogP contribution in [0.3, 0.4) is 0 Å². The van der Waals surface area contributed by atoms with Crippen LogP contribution in [-0.2, 0) is 6.54 Å². The number of benzene rings is 2. The number of primary amides is 1. The van der Waals surface area contributed by atoms with E-state index in [9.17, 15) is 10.1 Å². The van der Waals surface area contributed by atoms with Crippen molar-refractivity contribution < 1.29 is 9.53 Å². The van der Waals surface area contributed by atoms with E-state index in [1.54, 1.807) is 25.3 Å². The van der Waals surface area contributed by atoms with E-state index in [1.807, 2.05) is 35.8 Å². The fraction of sp³-hybridized carbons (Fsp3) is 0.143. The third-order valence-electron chi connectivity index (χ3n) is 4.17. The maximum Gasteiger partial charge on any atom is 0.248 e. The van der Waals surface area contributed by atoms with Crippen molar-refractivity contribution >= 4 is 16.8 Å². The Morgan fingerprint density at radius 3 is 2.69 bits per heavy atom. The van der Waals surface area contributed by atoms with E-state index in [1.165, 1.54) is 0 Å². The molecule has 0 bridgehead atoms. The molecule has 0 saturated heterocycles. The Balaban J connectivity index is 2.21. The second-order valence-electron chi connectivity index (χ2n) is 5.66. The molecule has 0 unspecified atom stereocenters. The van der Waals surface area contributed by atoms with Crippen LogP contribution in [0.5, 0.6) is 5.75 Å². The number of aromatic nitrogens is 1. The van der Waals surface area contributed by atoms with Gasteiger partial charge in [0.25, 0.3) is 0 Å². The third-order valence-corrected chi connectivity index (χ3v) is 4.17. The van der Waals surface area contributed by atoms with E-state index in [-0.39, 0.29) is 0 Å². The number of amides is 1. The van der Waals surface area contributed by atoms with Crippen LogP contribution in [0.25, 0.3) is 10.9 Å². The minimum Gasteiger partial charge on any atom is -0.497 e. The maximum absolute atomic E-state index is 11.5. The van der Waals surface area contributed by atoms with E-state index in [2.05, 4.69) is 17.9 Å². The summed E-state index contributed by atoms with van der Waals surface area (Å²) in [6.45, 7) is 2.58. The summed E-state index contributed by atoms with van der Waals surface area (Å²) in [5.41, 5.74) is 8.46. The van der Waals surface area contributed by atoms with Gasteiger partial charge in [-0.3, -0.25) is 4.79 Å². The lowest BCUT2D eigenvalue weighted by atomic mass is 10.1. The predicted molar refractivity (Wildman–Crippen MR) is 99.8 cm³/mol. The maximum atomic E-state index is 11.5. The van der Waals surface area contributed by atoms with Crippen LogP contribution < -0.4 is 10.5 Å². The molecule has 5 heteroatoms. The van der Waals surface area contributed by atoms with Gasteiger partial charge < -0.3 is 15.0 Å². The number of aryl methyl sites for hydroxylation is 1. The molecule has 0 aliphatic heterocycles. The van der Waals surface area contributed by atoms with Gasteiger partial charge in [-0.1, -0.05) is 18.1 Å². The van der Waals surface area contributed by atoms with Crippen molar-refractivity contribution in [2.24, 2.45) is 5.73 Å². The van der Waals surface area contributed by atoms with E-state index in [0.29, 0.717) is 23.4 Å². The fourth-order valence-corrected chi connectivity index (χ4v) is 2.91. The number of nitrogens with zero attached hydrogens (tertiary/aromatic N) is 2. The Kier molecular flexibility index (Phi) is 4.64. The Hall–Kier alpha value is -3.70. The smallest absolute Gasteiger partial charge is 0.248 e. The quantitative estimate of drug-likeness (QED) is 0.742. The third kappa shape index (κ3) is 2.99. The van der Waals surface area contributed by atoms with Gasteiger partial charge in [-0.05, 0) is 43.2 Å². The first kappa shape index (κ1) is 17.1. The van der Waals surface area contributed by atoms with Crippen molar-refractivity contribution in [2.45, 2.75) is 13.5 Å². The highest BCUT2D eigenvalue weighted by Crippen LogP contribution is 2.26. The summed E-state index contributed by atoms with van der Waals surface area (Å²) < 4.78 is 7.14.